The lowest BCUT2D eigenvalue weighted by Gasteiger charge is -2.29. The van der Waals surface area contributed by atoms with Crippen molar-refractivity contribution in [2.75, 3.05) is 20.2 Å². The average Bonchev–Trinajstić information content (AvgIpc) is 3.36. The predicted molar refractivity (Wildman–Crippen MR) is 152 cm³/mol. The Hall–Kier alpha value is -3.91. The van der Waals surface area contributed by atoms with Gasteiger partial charge in [-0.05, 0) is 45.9 Å². The summed E-state index contributed by atoms with van der Waals surface area (Å²) in [5.41, 5.74) is 4.90. The maximum atomic E-state index is 14.1. The van der Waals surface area contributed by atoms with Crippen molar-refractivity contribution >= 4 is 34.2 Å². The van der Waals surface area contributed by atoms with Crippen LogP contribution in [0.4, 0.5) is 0 Å². The van der Waals surface area contributed by atoms with E-state index in [0.717, 1.165) is 27.7 Å². The van der Waals surface area contributed by atoms with Crippen LogP contribution < -0.4 is 19.6 Å². The number of methoxy groups -OCH3 is 1. The van der Waals surface area contributed by atoms with Gasteiger partial charge in [0.2, 0.25) is 0 Å². The van der Waals surface area contributed by atoms with Crippen LogP contribution in [0.3, 0.4) is 0 Å². The van der Waals surface area contributed by atoms with E-state index in [9.17, 15) is 9.59 Å². The minimum Gasteiger partial charge on any atom is -0.496 e. The fourth-order valence-corrected chi connectivity index (χ4v) is 6.35. The first kappa shape index (κ1) is 25.7. The zero-order chi connectivity index (χ0) is 27.1. The quantitative estimate of drug-likeness (QED) is 0.381. The van der Waals surface area contributed by atoms with E-state index in [1.807, 2.05) is 70.3 Å². The predicted octanol–water partition coefficient (Wildman–Crippen LogP) is 3.91. The third kappa shape index (κ3) is 4.00. The molecule has 196 valence electrons. The number of carbonyl (C=O) groups is 1. The molecule has 1 atom stereocenters. The Morgan fingerprint density at radius 1 is 1.11 bits per heavy atom. The minimum atomic E-state index is -0.647. The number of thiazole rings is 1. The molecule has 2 aromatic heterocycles. The number of likely N-dealkylation sites (N-methyl/N-ethyl adjacent to an activating group) is 1. The van der Waals surface area contributed by atoms with Gasteiger partial charge in [0.15, 0.2) is 4.80 Å². The molecule has 1 aliphatic rings. The van der Waals surface area contributed by atoms with Crippen LogP contribution in [0.5, 0.6) is 5.75 Å². The first-order valence-electron chi connectivity index (χ1n) is 12.8. The van der Waals surface area contributed by atoms with Gasteiger partial charge in [0.05, 0.1) is 22.9 Å². The molecule has 7 nitrogen and oxygen atoms in total. The van der Waals surface area contributed by atoms with Crippen molar-refractivity contribution in [3.8, 4) is 5.75 Å². The van der Waals surface area contributed by atoms with Crippen molar-refractivity contribution in [2.24, 2.45) is 12.0 Å². The highest BCUT2D eigenvalue weighted by Crippen LogP contribution is 2.36. The summed E-state index contributed by atoms with van der Waals surface area (Å²) in [5, 5.41) is 1.09. The van der Waals surface area contributed by atoms with E-state index in [0.29, 0.717) is 39.4 Å². The summed E-state index contributed by atoms with van der Waals surface area (Å²) in [4.78, 5) is 35.1. The van der Waals surface area contributed by atoms with E-state index in [1.54, 1.807) is 16.6 Å². The molecule has 0 unspecified atom stereocenters. The molecule has 4 aromatic rings. The number of aromatic nitrogens is 2. The minimum absolute atomic E-state index is 0.119. The van der Waals surface area contributed by atoms with Crippen molar-refractivity contribution in [3.05, 3.63) is 96.3 Å². The largest absolute Gasteiger partial charge is 0.496 e. The molecule has 0 N–H and O–H groups in total. The summed E-state index contributed by atoms with van der Waals surface area (Å²) in [5.74, 6) is 0.503. The van der Waals surface area contributed by atoms with Crippen molar-refractivity contribution in [3.63, 3.8) is 0 Å². The highest BCUT2D eigenvalue weighted by molar-refractivity contribution is 7.07. The lowest BCUT2D eigenvalue weighted by molar-refractivity contribution is -0.127. The SMILES string of the molecule is CCN(CC)C(=O)C1=C(C)N=c2s/c(=C/c3c(C)n(C)c4ccccc34)c(=O)n2[C@@H]1c1ccccc1OC. The number of ether oxygens (including phenoxy) is 1. The van der Waals surface area contributed by atoms with Gasteiger partial charge in [0.1, 0.15) is 11.8 Å². The zero-order valence-electron chi connectivity index (χ0n) is 22.6. The molecule has 1 aliphatic heterocycles. The molecule has 3 heterocycles. The highest BCUT2D eigenvalue weighted by Gasteiger charge is 2.35. The van der Waals surface area contributed by atoms with Gasteiger partial charge >= 0.3 is 0 Å². The Labute approximate surface area is 225 Å². The molecule has 5 rings (SSSR count). The molecule has 1 amide bonds. The normalized spacial score (nSPS) is 15.5. The van der Waals surface area contributed by atoms with Crippen molar-refractivity contribution in [2.45, 2.75) is 33.7 Å². The van der Waals surface area contributed by atoms with Gasteiger partial charge in [-0.3, -0.25) is 14.2 Å². The number of fused-ring (bicyclic) bond motifs is 2. The summed E-state index contributed by atoms with van der Waals surface area (Å²) in [6.07, 6.45) is 1.96. The van der Waals surface area contributed by atoms with Gasteiger partial charge in [0.25, 0.3) is 11.5 Å². The number of carbonyl (C=O) groups excluding carboxylic acids is 1. The summed E-state index contributed by atoms with van der Waals surface area (Å²) in [6.45, 7) is 8.95. The molecule has 0 aliphatic carbocycles. The molecule has 0 saturated carbocycles. The molecule has 0 saturated heterocycles. The summed E-state index contributed by atoms with van der Waals surface area (Å²) in [6, 6.07) is 15.1. The topological polar surface area (TPSA) is 68.8 Å². The monoisotopic (exact) mass is 528 g/mol. The maximum Gasteiger partial charge on any atom is 0.271 e. The number of hydrogen-bond donors (Lipinski definition) is 0. The summed E-state index contributed by atoms with van der Waals surface area (Å²) in [7, 11) is 3.64. The van der Waals surface area contributed by atoms with E-state index >= 15 is 0 Å². The molecular weight excluding hydrogens is 496 g/mol. The molecule has 2 aromatic carbocycles. The van der Waals surface area contributed by atoms with E-state index in [2.05, 4.69) is 23.6 Å². The Morgan fingerprint density at radius 2 is 1.79 bits per heavy atom. The third-order valence-corrected chi connectivity index (χ3v) is 8.44. The van der Waals surface area contributed by atoms with Crippen molar-refractivity contribution < 1.29 is 9.53 Å². The smallest absolute Gasteiger partial charge is 0.271 e. The number of allylic oxidation sites excluding steroid dienone is 1. The Kier molecular flexibility index (Phi) is 6.84. The molecular formula is C30H32N4O3S. The second-order valence-corrected chi connectivity index (χ2v) is 10.4. The number of para-hydroxylation sites is 2. The first-order chi connectivity index (χ1) is 18.3. The van der Waals surface area contributed by atoms with E-state index in [1.165, 1.54) is 11.3 Å². The van der Waals surface area contributed by atoms with Gasteiger partial charge in [0, 0.05) is 47.9 Å². The van der Waals surface area contributed by atoms with Crippen LogP contribution in [0.1, 0.15) is 43.6 Å². The van der Waals surface area contributed by atoms with Crippen LogP contribution in [-0.4, -0.2) is 40.1 Å². The van der Waals surface area contributed by atoms with Gasteiger partial charge in [-0.2, -0.15) is 0 Å². The second kappa shape index (κ2) is 10.1. The van der Waals surface area contributed by atoms with Gasteiger partial charge in [-0.1, -0.05) is 47.7 Å². The average molecular weight is 529 g/mol. The Balaban J connectivity index is 1.80. The maximum absolute atomic E-state index is 14.1. The Bertz CT molecular complexity index is 1770. The lowest BCUT2D eigenvalue weighted by atomic mass is 9.94. The van der Waals surface area contributed by atoms with Crippen LogP contribution in [0.25, 0.3) is 17.0 Å². The first-order valence-corrected chi connectivity index (χ1v) is 13.6. The van der Waals surface area contributed by atoms with E-state index < -0.39 is 6.04 Å². The van der Waals surface area contributed by atoms with Crippen molar-refractivity contribution in [1.29, 1.82) is 0 Å². The molecule has 0 spiro atoms. The standard InChI is InChI=1S/C30H32N4O3S/c1-7-33(8-2)29(36)26-18(3)31-30-34(27(26)21-14-10-12-16-24(21)37-6)28(35)25(38-30)17-22-19(4)32(5)23-15-11-9-13-20(22)23/h9-17,27H,7-8H2,1-6H3/b25-17+/t27-/m1/s1. The van der Waals surface area contributed by atoms with Gasteiger partial charge in [-0.15, -0.1) is 0 Å². The number of amides is 1. The molecule has 0 radical (unpaired) electrons. The molecule has 8 heteroatoms. The summed E-state index contributed by atoms with van der Waals surface area (Å²) >= 11 is 1.35. The van der Waals surface area contributed by atoms with Gasteiger partial charge in [-0.25, -0.2) is 4.99 Å². The zero-order valence-corrected chi connectivity index (χ0v) is 23.4. The fraction of sp³-hybridized carbons (Fsp3) is 0.300. The Morgan fingerprint density at radius 3 is 2.50 bits per heavy atom. The molecule has 0 bridgehead atoms. The van der Waals surface area contributed by atoms with E-state index in [4.69, 9.17) is 9.73 Å². The van der Waals surface area contributed by atoms with Crippen LogP contribution in [0, 0.1) is 6.92 Å². The number of benzene rings is 2. The van der Waals surface area contributed by atoms with Crippen LogP contribution in [-0.2, 0) is 11.8 Å². The van der Waals surface area contributed by atoms with Crippen LogP contribution in [0.15, 0.2) is 69.6 Å². The second-order valence-electron chi connectivity index (χ2n) is 9.38. The van der Waals surface area contributed by atoms with Crippen molar-refractivity contribution in [1.82, 2.24) is 14.0 Å². The highest BCUT2D eigenvalue weighted by atomic mass is 32.1. The fourth-order valence-electron chi connectivity index (χ4n) is 5.33. The van der Waals surface area contributed by atoms with Gasteiger partial charge < -0.3 is 14.2 Å². The number of aryl methyl sites for hydroxylation is 1. The van der Waals surface area contributed by atoms with Crippen LogP contribution in [0.2, 0.25) is 0 Å². The number of rotatable bonds is 6. The molecule has 0 fully saturated rings. The van der Waals surface area contributed by atoms with Crippen LogP contribution >= 0.6 is 11.3 Å². The summed E-state index contributed by atoms with van der Waals surface area (Å²) < 4.78 is 10.1. The third-order valence-electron chi connectivity index (χ3n) is 7.46. The van der Waals surface area contributed by atoms with E-state index in [-0.39, 0.29) is 11.5 Å². The lowest BCUT2D eigenvalue weighted by Crippen LogP contribution is -2.43. The number of nitrogens with zero attached hydrogens (tertiary/aromatic N) is 4. The molecule has 38 heavy (non-hydrogen) atoms. The number of hydrogen-bond acceptors (Lipinski definition) is 5.